The predicted molar refractivity (Wildman–Crippen MR) is 79.4 cm³/mol. The molecule has 0 saturated heterocycles. The lowest BCUT2D eigenvalue weighted by molar-refractivity contribution is 0.492. The summed E-state index contributed by atoms with van der Waals surface area (Å²) in [6.45, 7) is 1.93. The van der Waals surface area contributed by atoms with Crippen molar-refractivity contribution >= 4 is 19.9 Å². The topological polar surface area (TPSA) is 111 Å². The molecule has 0 aliphatic carbocycles. The molecule has 0 amide bonds. The van der Waals surface area contributed by atoms with Gasteiger partial charge < -0.3 is 0 Å². The van der Waals surface area contributed by atoms with Gasteiger partial charge in [-0.15, -0.1) is 0 Å². The van der Waals surface area contributed by atoms with Gasteiger partial charge in [-0.25, -0.2) is 26.5 Å². The van der Waals surface area contributed by atoms with Crippen molar-refractivity contribution in [2.45, 2.75) is 29.3 Å². The number of nitrogens with zero attached hydrogens (tertiary/aromatic N) is 3. The second-order valence-electron chi connectivity index (χ2n) is 4.86. The first kappa shape index (κ1) is 16.6. The van der Waals surface area contributed by atoms with Crippen LogP contribution in [0.15, 0.2) is 46.7 Å². The van der Waals surface area contributed by atoms with Crippen LogP contribution in [0.3, 0.4) is 0 Å². The summed E-state index contributed by atoms with van der Waals surface area (Å²) in [5.41, 5.74) is 0. The van der Waals surface area contributed by atoms with Crippen LogP contribution in [0.25, 0.3) is 0 Å². The number of benzene rings is 1. The third kappa shape index (κ3) is 3.90. The maximum absolute atomic E-state index is 12.4. The van der Waals surface area contributed by atoms with E-state index in [1.165, 1.54) is 41.6 Å². The molecule has 1 N–H and O–H groups in total. The zero-order valence-corrected chi connectivity index (χ0v) is 13.7. The summed E-state index contributed by atoms with van der Waals surface area (Å²) in [4.78, 5) is 3.28. The van der Waals surface area contributed by atoms with Crippen molar-refractivity contribution in [3.05, 3.63) is 36.9 Å². The van der Waals surface area contributed by atoms with Crippen molar-refractivity contribution in [2.75, 3.05) is 6.26 Å². The molecule has 2 rings (SSSR count). The molecular weight excluding hydrogens is 328 g/mol. The molecule has 1 aromatic heterocycles. The maximum atomic E-state index is 12.4. The van der Waals surface area contributed by atoms with Crippen LogP contribution in [0, 0.1) is 0 Å². The molecule has 0 bridgehead atoms. The molecule has 0 spiro atoms. The minimum atomic E-state index is -3.97. The fraction of sp³-hybridized carbons (Fsp3) is 0.333. The SMILES string of the molecule is C[C@@H](Cn1cncn1)NS(=O)(=O)c1ccccc1S(C)(=O)=O. The van der Waals surface area contributed by atoms with Crippen molar-refractivity contribution in [3.8, 4) is 0 Å². The molecule has 8 nitrogen and oxygen atoms in total. The van der Waals surface area contributed by atoms with Crippen molar-refractivity contribution in [3.63, 3.8) is 0 Å². The van der Waals surface area contributed by atoms with Crippen LogP contribution in [0.1, 0.15) is 6.92 Å². The lowest BCUT2D eigenvalue weighted by Crippen LogP contribution is -2.36. The van der Waals surface area contributed by atoms with Gasteiger partial charge in [-0.3, -0.25) is 4.68 Å². The summed E-state index contributed by atoms with van der Waals surface area (Å²) in [7, 11) is -7.62. The highest BCUT2D eigenvalue weighted by atomic mass is 32.2. The Labute approximate surface area is 129 Å². The van der Waals surface area contributed by atoms with Gasteiger partial charge in [-0.2, -0.15) is 5.10 Å². The molecule has 1 heterocycles. The van der Waals surface area contributed by atoms with Gasteiger partial charge in [0.05, 0.1) is 11.4 Å². The van der Waals surface area contributed by atoms with Crippen LogP contribution in [0.5, 0.6) is 0 Å². The Balaban J connectivity index is 2.28. The Morgan fingerprint density at radius 2 is 1.82 bits per heavy atom. The van der Waals surface area contributed by atoms with Crippen molar-refractivity contribution in [1.29, 1.82) is 0 Å². The van der Waals surface area contributed by atoms with E-state index in [2.05, 4.69) is 14.8 Å². The van der Waals surface area contributed by atoms with E-state index in [1.54, 1.807) is 6.92 Å². The molecule has 22 heavy (non-hydrogen) atoms. The number of aromatic nitrogens is 3. The molecule has 1 aromatic carbocycles. The van der Waals surface area contributed by atoms with Crippen LogP contribution < -0.4 is 4.72 Å². The Morgan fingerprint density at radius 1 is 1.18 bits per heavy atom. The second-order valence-corrected chi connectivity index (χ2v) is 8.53. The van der Waals surface area contributed by atoms with E-state index in [0.717, 1.165) is 6.26 Å². The first-order chi connectivity index (χ1) is 10.2. The third-order valence-corrected chi connectivity index (χ3v) is 5.75. The molecule has 0 aliphatic heterocycles. The van der Waals surface area contributed by atoms with Gasteiger partial charge in [0.2, 0.25) is 10.0 Å². The number of nitrogens with one attached hydrogen (secondary N) is 1. The Bertz CT molecular complexity index is 845. The standard InChI is InChI=1S/C12H16N4O4S2/c1-10(7-16-9-13-8-14-16)15-22(19,20)12-6-4-3-5-11(12)21(2,17)18/h3-6,8-10,15H,7H2,1-2H3/t10-/m0/s1. The fourth-order valence-electron chi connectivity index (χ4n) is 1.95. The van der Waals surface area contributed by atoms with Crippen LogP contribution in [0.2, 0.25) is 0 Å². The smallest absolute Gasteiger partial charge is 0.242 e. The van der Waals surface area contributed by atoms with Crippen molar-refractivity contribution in [2.24, 2.45) is 0 Å². The normalized spacial score (nSPS) is 13.9. The average molecular weight is 344 g/mol. The molecule has 0 saturated carbocycles. The van der Waals surface area contributed by atoms with Gasteiger partial charge in [0.1, 0.15) is 17.6 Å². The molecule has 0 aliphatic rings. The van der Waals surface area contributed by atoms with E-state index >= 15 is 0 Å². The number of sulfonamides is 1. The maximum Gasteiger partial charge on any atom is 0.242 e. The molecule has 1 atom stereocenters. The fourth-order valence-corrected chi connectivity index (χ4v) is 4.82. The third-order valence-electron chi connectivity index (χ3n) is 2.82. The quantitative estimate of drug-likeness (QED) is 0.792. The summed E-state index contributed by atoms with van der Waals surface area (Å²) < 4.78 is 52.2. The summed E-state index contributed by atoms with van der Waals surface area (Å²) >= 11 is 0. The molecule has 0 unspecified atom stereocenters. The van der Waals surface area contributed by atoms with Gasteiger partial charge in [0.15, 0.2) is 9.84 Å². The highest BCUT2D eigenvalue weighted by molar-refractivity contribution is 7.93. The highest BCUT2D eigenvalue weighted by Crippen LogP contribution is 2.20. The number of hydrogen-bond acceptors (Lipinski definition) is 6. The van der Waals surface area contributed by atoms with E-state index < -0.39 is 25.9 Å². The molecule has 0 radical (unpaired) electrons. The first-order valence-electron chi connectivity index (χ1n) is 6.34. The van der Waals surface area contributed by atoms with Crippen molar-refractivity contribution in [1.82, 2.24) is 19.5 Å². The minimum Gasteiger partial charge on any atom is -0.251 e. The Hall–Kier alpha value is -1.78. The lowest BCUT2D eigenvalue weighted by atomic mass is 10.4. The van der Waals surface area contributed by atoms with Gasteiger partial charge in [0, 0.05) is 12.3 Å². The highest BCUT2D eigenvalue weighted by Gasteiger charge is 2.25. The van der Waals surface area contributed by atoms with E-state index in [1.807, 2.05) is 0 Å². The van der Waals surface area contributed by atoms with Crippen molar-refractivity contribution < 1.29 is 16.8 Å². The lowest BCUT2D eigenvalue weighted by Gasteiger charge is -2.15. The predicted octanol–water partition coefficient (Wildman–Crippen LogP) is 0.0486. The Morgan fingerprint density at radius 3 is 2.36 bits per heavy atom. The van der Waals surface area contributed by atoms with Gasteiger partial charge in [-0.1, -0.05) is 12.1 Å². The molecule has 2 aromatic rings. The van der Waals surface area contributed by atoms with Crippen LogP contribution in [-0.2, 0) is 26.4 Å². The summed E-state index contributed by atoms with van der Waals surface area (Å²) in [6, 6.07) is 5.01. The molecular formula is C12H16N4O4S2. The van der Waals surface area contributed by atoms with E-state index in [0.29, 0.717) is 0 Å². The van der Waals surface area contributed by atoms with Gasteiger partial charge >= 0.3 is 0 Å². The van der Waals surface area contributed by atoms with Gasteiger partial charge in [0.25, 0.3) is 0 Å². The first-order valence-corrected chi connectivity index (χ1v) is 9.71. The molecule has 10 heteroatoms. The summed E-state index contributed by atoms with van der Waals surface area (Å²) in [6.07, 6.45) is 3.79. The average Bonchev–Trinajstić information content (AvgIpc) is 2.89. The Kier molecular flexibility index (Phi) is 4.63. The van der Waals surface area contributed by atoms with E-state index in [-0.39, 0.29) is 16.3 Å². The number of rotatable bonds is 6. The summed E-state index contributed by atoms with van der Waals surface area (Å²) in [5, 5.41) is 3.89. The van der Waals surface area contributed by atoms with Crippen LogP contribution >= 0.6 is 0 Å². The van der Waals surface area contributed by atoms with Crippen LogP contribution in [-0.4, -0.2) is 43.9 Å². The zero-order chi connectivity index (χ0) is 16.4. The zero-order valence-electron chi connectivity index (χ0n) is 12.0. The van der Waals surface area contributed by atoms with E-state index in [4.69, 9.17) is 0 Å². The monoisotopic (exact) mass is 344 g/mol. The minimum absolute atomic E-state index is 0.226. The largest absolute Gasteiger partial charge is 0.251 e. The van der Waals surface area contributed by atoms with Crippen LogP contribution in [0.4, 0.5) is 0 Å². The molecule has 120 valence electrons. The van der Waals surface area contributed by atoms with E-state index in [9.17, 15) is 16.8 Å². The van der Waals surface area contributed by atoms with Gasteiger partial charge in [-0.05, 0) is 19.1 Å². The number of hydrogen-bond donors (Lipinski definition) is 1. The second kappa shape index (κ2) is 6.15. The molecule has 0 fully saturated rings. The number of sulfone groups is 1. The summed E-state index contributed by atoms with van der Waals surface area (Å²) in [5.74, 6) is 0.